The van der Waals surface area contributed by atoms with E-state index in [1.165, 1.54) is 28.2 Å². The molecule has 2 heterocycles. The summed E-state index contributed by atoms with van der Waals surface area (Å²) in [4.78, 5) is 24.9. The molecule has 22 heavy (non-hydrogen) atoms. The molecule has 6 nitrogen and oxygen atoms in total. The van der Waals surface area contributed by atoms with E-state index >= 15 is 0 Å². The Morgan fingerprint density at radius 2 is 2.00 bits per heavy atom. The zero-order chi connectivity index (χ0) is 15.5. The molecule has 2 aromatic rings. The fraction of sp³-hybridized carbons (Fsp3) is 0.312. The molecule has 0 radical (unpaired) electrons. The predicted molar refractivity (Wildman–Crippen MR) is 79.4 cm³/mol. The van der Waals surface area contributed by atoms with Gasteiger partial charge < -0.3 is 10.0 Å². The van der Waals surface area contributed by atoms with Crippen molar-refractivity contribution in [1.82, 2.24) is 14.7 Å². The van der Waals surface area contributed by atoms with Crippen LogP contribution in [0.1, 0.15) is 27.9 Å². The van der Waals surface area contributed by atoms with E-state index in [-0.39, 0.29) is 11.5 Å². The van der Waals surface area contributed by atoms with Gasteiger partial charge in [0.25, 0.3) is 0 Å². The van der Waals surface area contributed by atoms with Crippen LogP contribution in [0.4, 0.5) is 0 Å². The smallest absolute Gasteiger partial charge is 0.338 e. The first kappa shape index (κ1) is 14.3. The van der Waals surface area contributed by atoms with Crippen molar-refractivity contribution in [3.8, 4) is 0 Å². The fourth-order valence-electron chi connectivity index (χ4n) is 2.67. The van der Waals surface area contributed by atoms with Crippen LogP contribution in [-0.4, -0.2) is 38.2 Å². The summed E-state index contributed by atoms with van der Waals surface area (Å²) in [5.41, 5.74) is 2.65. The number of carbonyl (C=O) groups is 2. The maximum absolute atomic E-state index is 12.3. The number of carboxylic acids is 1. The molecule has 1 amide bonds. The number of aryl methyl sites for hydroxylation is 1. The molecule has 0 aliphatic carbocycles. The first-order valence-electron chi connectivity index (χ1n) is 7.24. The summed E-state index contributed by atoms with van der Waals surface area (Å²) < 4.78 is 1.50. The second kappa shape index (κ2) is 6.01. The summed E-state index contributed by atoms with van der Waals surface area (Å²) >= 11 is 0. The standard InChI is InChI=1S/C16H17N3O3/c20-15(6-8-19-11-14(9-17-19)16(21)22)18-7-5-12-3-1-2-4-13(12)10-18/h1-4,9,11H,5-8,10H2,(H,21,22). The highest BCUT2D eigenvalue weighted by atomic mass is 16.4. The number of benzene rings is 1. The van der Waals surface area contributed by atoms with Gasteiger partial charge >= 0.3 is 5.97 Å². The Hall–Kier alpha value is -2.63. The second-order valence-electron chi connectivity index (χ2n) is 5.38. The van der Waals surface area contributed by atoms with Gasteiger partial charge in [0.15, 0.2) is 0 Å². The molecule has 3 rings (SSSR count). The van der Waals surface area contributed by atoms with Gasteiger partial charge in [0.2, 0.25) is 5.91 Å². The number of amides is 1. The van der Waals surface area contributed by atoms with Crippen molar-refractivity contribution >= 4 is 11.9 Å². The highest BCUT2D eigenvalue weighted by molar-refractivity contribution is 5.86. The molecule has 1 aromatic heterocycles. The summed E-state index contributed by atoms with van der Waals surface area (Å²) in [6, 6.07) is 8.17. The summed E-state index contributed by atoms with van der Waals surface area (Å²) in [5.74, 6) is -0.938. The van der Waals surface area contributed by atoms with Crippen LogP contribution in [0.25, 0.3) is 0 Å². The van der Waals surface area contributed by atoms with Gasteiger partial charge in [0, 0.05) is 32.3 Å². The Kier molecular flexibility index (Phi) is 3.91. The summed E-state index contributed by atoms with van der Waals surface area (Å²) in [6.07, 6.45) is 3.95. The van der Waals surface area contributed by atoms with Crippen molar-refractivity contribution in [2.24, 2.45) is 0 Å². The molecule has 1 N–H and O–H groups in total. The minimum Gasteiger partial charge on any atom is -0.478 e. The van der Waals surface area contributed by atoms with Crippen LogP contribution in [0.2, 0.25) is 0 Å². The molecule has 1 aliphatic heterocycles. The molecule has 0 saturated carbocycles. The number of carbonyl (C=O) groups excluding carboxylic acids is 1. The van der Waals surface area contributed by atoms with E-state index in [0.29, 0.717) is 19.5 Å². The van der Waals surface area contributed by atoms with E-state index in [1.54, 1.807) is 0 Å². The fourth-order valence-corrected chi connectivity index (χ4v) is 2.67. The molecular weight excluding hydrogens is 282 g/mol. The highest BCUT2D eigenvalue weighted by Crippen LogP contribution is 2.19. The second-order valence-corrected chi connectivity index (χ2v) is 5.38. The van der Waals surface area contributed by atoms with Gasteiger partial charge in [-0.1, -0.05) is 24.3 Å². The third-order valence-electron chi connectivity index (χ3n) is 3.92. The lowest BCUT2D eigenvalue weighted by atomic mass is 10.00. The zero-order valence-corrected chi connectivity index (χ0v) is 12.1. The van der Waals surface area contributed by atoms with Crippen LogP contribution in [0.15, 0.2) is 36.7 Å². The Morgan fingerprint density at radius 1 is 1.23 bits per heavy atom. The minimum atomic E-state index is -1.01. The Bertz CT molecular complexity index is 708. The van der Waals surface area contributed by atoms with Crippen molar-refractivity contribution in [2.75, 3.05) is 6.54 Å². The van der Waals surface area contributed by atoms with Crippen LogP contribution in [0.3, 0.4) is 0 Å². The molecule has 114 valence electrons. The van der Waals surface area contributed by atoms with E-state index in [0.717, 1.165) is 13.0 Å². The van der Waals surface area contributed by atoms with Gasteiger partial charge in [-0.15, -0.1) is 0 Å². The van der Waals surface area contributed by atoms with Crippen molar-refractivity contribution in [1.29, 1.82) is 0 Å². The van der Waals surface area contributed by atoms with Gasteiger partial charge in [0.1, 0.15) is 0 Å². The topological polar surface area (TPSA) is 75.4 Å². The third kappa shape index (κ3) is 3.00. The zero-order valence-electron chi connectivity index (χ0n) is 12.1. The van der Waals surface area contributed by atoms with E-state index in [9.17, 15) is 9.59 Å². The van der Waals surface area contributed by atoms with Crippen molar-refractivity contribution in [2.45, 2.75) is 25.9 Å². The van der Waals surface area contributed by atoms with Crippen molar-refractivity contribution in [3.63, 3.8) is 0 Å². The third-order valence-corrected chi connectivity index (χ3v) is 3.92. The van der Waals surface area contributed by atoms with Crippen LogP contribution in [0, 0.1) is 0 Å². The molecule has 6 heteroatoms. The van der Waals surface area contributed by atoms with Crippen LogP contribution >= 0.6 is 0 Å². The van der Waals surface area contributed by atoms with Gasteiger partial charge in [0.05, 0.1) is 11.8 Å². The molecule has 0 unspecified atom stereocenters. The number of fused-ring (bicyclic) bond motifs is 1. The predicted octanol–water partition coefficient (Wildman–Crippen LogP) is 1.56. The Labute approximate surface area is 128 Å². The molecule has 0 spiro atoms. The number of hydrogen-bond donors (Lipinski definition) is 1. The molecule has 0 saturated heterocycles. The van der Waals surface area contributed by atoms with Gasteiger partial charge in [-0.25, -0.2) is 4.79 Å². The lowest BCUT2D eigenvalue weighted by Crippen LogP contribution is -2.36. The lowest BCUT2D eigenvalue weighted by molar-refractivity contribution is -0.132. The minimum absolute atomic E-state index is 0.0712. The molecule has 1 aliphatic rings. The molecule has 0 fully saturated rings. The maximum Gasteiger partial charge on any atom is 0.338 e. The SMILES string of the molecule is O=C(O)c1cnn(CCC(=O)N2CCc3ccccc3C2)c1. The quantitative estimate of drug-likeness (QED) is 0.929. The first-order valence-corrected chi connectivity index (χ1v) is 7.24. The Morgan fingerprint density at radius 3 is 2.73 bits per heavy atom. The summed E-state index contributed by atoms with van der Waals surface area (Å²) in [7, 11) is 0. The highest BCUT2D eigenvalue weighted by Gasteiger charge is 2.20. The molecular formula is C16H17N3O3. The monoisotopic (exact) mass is 299 g/mol. The van der Waals surface area contributed by atoms with Crippen LogP contribution in [-0.2, 0) is 24.3 Å². The van der Waals surface area contributed by atoms with Gasteiger partial charge in [-0.3, -0.25) is 9.48 Å². The first-order chi connectivity index (χ1) is 10.6. The number of carboxylic acid groups (broad SMARTS) is 1. The number of aromatic carboxylic acids is 1. The number of aromatic nitrogens is 2. The average Bonchev–Trinajstić information content (AvgIpc) is 3.01. The number of rotatable bonds is 4. The van der Waals surface area contributed by atoms with Crippen LogP contribution < -0.4 is 0 Å². The summed E-state index contributed by atoms with van der Waals surface area (Å²) in [5, 5.41) is 12.8. The molecule has 1 aromatic carbocycles. The molecule has 0 atom stereocenters. The van der Waals surface area contributed by atoms with E-state index in [4.69, 9.17) is 5.11 Å². The largest absolute Gasteiger partial charge is 0.478 e. The van der Waals surface area contributed by atoms with Crippen LogP contribution in [0.5, 0.6) is 0 Å². The Balaban J connectivity index is 1.57. The maximum atomic E-state index is 12.3. The normalized spacial score (nSPS) is 13.7. The van der Waals surface area contributed by atoms with E-state index < -0.39 is 5.97 Å². The number of nitrogens with zero attached hydrogens (tertiary/aromatic N) is 3. The average molecular weight is 299 g/mol. The lowest BCUT2D eigenvalue weighted by Gasteiger charge is -2.29. The van der Waals surface area contributed by atoms with E-state index in [1.807, 2.05) is 17.0 Å². The number of hydrogen-bond acceptors (Lipinski definition) is 3. The van der Waals surface area contributed by atoms with Crippen molar-refractivity contribution < 1.29 is 14.7 Å². The summed E-state index contributed by atoms with van der Waals surface area (Å²) in [6.45, 7) is 1.77. The van der Waals surface area contributed by atoms with E-state index in [2.05, 4.69) is 17.2 Å². The van der Waals surface area contributed by atoms with Gasteiger partial charge in [-0.2, -0.15) is 5.10 Å². The van der Waals surface area contributed by atoms with Gasteiger partial charge in [-0.05, 0) is 17.5 Å². The van der Waals surface area contributed by atoms with Crippen molar-refractivity contribution in [3.05, 3.63) is 53.3 Å². The molecule has 0 bridgehead atoms.